The Hall–Kier alpha value is -0.610. The first kappa shape index (κ1) is 15.4. The Morgan fingerprint density at radius 1 is 1.44 bits per heavy atom. The number of amides is 1. The van der Waals surface area contributed by atoms with E-state index >= 15 is 0 Å². The van der Waals surface area contributed by atoms with Crippen LogP contribution in [0.5, 0.6) is 0 Å². The lowest BCUT2D eigenvalue weighted by atomic mass is 9.96. The number of carbonyl (C=O) groups excluding carboxylic acids is 1. The van der Waals surface area contributed by atoms with Crippen molar-refractivity contribution in [2.75, 3.05) is 13.1 Å². The van der Waals surface area contributed by atoms with E-state index in [4.69, 9.17) is 5.73 Å². The molecule has 4 nitrogen and oxygen atoms in total. The lowest BCUT2D eigenvalue weighted by Crippen LogP contribution is -2.55. The standard InChI is InChI=1S/C14H29N3O/c1-5-12-8-7-11(3)17(12)10-9-14(4,13(15)18)16-6-2/h11-12,16H,5-10H2,1-4H3,(H2,15,18). The first-order valence-corrected chi connectivity index (χ1v) is 7.25. The number of nitrogens with one attached hydrogen (secondary N) is 1. The number of hydrogen-bond acceptors (Lipinski definition) is 3. The molecule has 0 saturated carbocycles. The number of primary amides is 1. The molecule has 0 aromatic rings. The maximum absolute atomic E-state index is 11.6. The zero-order valence-corrected chi connectivity index (χ0v) is 12.3. The van der Waals surface area contributed by atoms with Crippen LogP contribution in [0, 0.1) is 0 Å². The second kappa shape index (κ2) is 6.53. The molecule has 3 atom stereocenters. The molecule has 1 aliphatic heterocycles. The van der Waals surface area contributed by atoms with Gasteiger partial charge >= 0.3 is 0 Å². The summed E-state index contributed by atoms with van der Waals surface area (Å²) >= 11 is 0. The zero-order valence-electron chi connectivity index (χ0n) is 12.3. The molecule has 106 valence electrons. The number of hydrogen-bond donors (Lipinski definition) is 2. The summed E-state index contributed by atoms with van der Waals surface area (Å²) in [7, 11) is 0. The van der Waals surface area contributed by atoms with E-state index in [1.165, 1.54) is 19.3 Å². The Morgan fingerprint density at radius 2 is 2.11 bits per heavy atom. The highest BCUT2D eigenvalue weighted by atomic mass is 16.1. The molecule has 4 heteroatoms. The Bertz CT molecular complexity index is 282. The van der Waals surface area contributed by atoms with Gasteiger partial charge < -0.3 is 11.1 Å². The van der Waals surface area contributed by atoms with E-state index in [-0.39, 0.29) is 5.91 Å². The molecule has 3 unspecified atom stereocenters. The summed E-state index contributed by atoms with van der Waals surface area (Å²) in [5, 5.41) is 3.23. The van der Waals surface area contributed by atoms with Gasteiger partial charge in [-0.3, -0.25) is 9.69 Å². The van der Waals surface area contributed by atoms with Gasteiger partial charge in [0.15, 0.2) is 0 Å². The van der Waals surface area contributed by atoms with Gasteiger partial charge in [0.1, 0.15) is 0 Å². The van der Waals surface area contributed by atoms with Crippen LogP contribution in [0.2, 0.25) is 0 Å². The van der Waals surface area contributed by atoms with Crippen molar-refractivity contribution in [3.63, 3.8) is 0 Å². The van der Waals surface area contributed by atoms with Crippen molar-refractivity contribution < 1.29 is 4.79 Å². The van der Waals surface area contributed by atoms with Crippen LogP contribution in [0.3, 0.4) is 0 Å². The molecule has 0 aromatic carbocycles. The number of nitrogens with two attached hydrogens (primary N) is 1. The number of carbonyl (C=O) groups is 1. The smallest absolute Gasteiger partial charge is 0.237 e. The molecule has 0 aliphatic carbocycles. The molecule has 1 aliphatic rings. The number of nitrogens with zero attached hydrogens (tertiary/aromatic N) is 1. The van der Waals surface area contributed by atoms with E-state index in [1.807, 2.05) is 13.8 Å². The van der Waals surface area contributed by atoms with Crippen molar-refractivity contribution in [1.82, 2.24) is 10.2 Å². The molecule has 0 radical (unpaired) electrons. The van der Waals surface area contributed by atoms with Crippen molar-refractivity contribution in [2.45, 2.75) is 71.0 Å². The number of likely N-dealkylation sites (N-methyl/N-ethyl adjacent to an activating group) is 1. The molecular weight excluding hydrogens is 226 g/mol. The third kappa shape index (κ3) is 3.45. The summed E-state index contributed by atoms with van der Waals surface area (Å²) in [6.45, 7) is 10.2. The molecule has 0 aromatic heterocycles. The van der Waals surface area contributed by atoms with E-state index in [9.17, 15) is 4.79 Å². The Labute approximate surface area is 111 Å². The molecule has 1 fully saturated rings. The van der Waals surface area contributed by atoms with E-state index < -0.39 is 5.54 Å². The maximum atomic E-state index is 11.6. The summed E-state index contributed by atoms with van der Waals surface area (Å²) in [5.74, 6) is -0.246. The topological polar surface area (TPSA) is 58.4 Å². The molecule has 0 spiro atoms. The highest BCUT2D eigenvalue weighted by molar-refractivity contribution is 5.84. The van der Waals surface area contributed by atoms with Crippen LogP contribution in [0.1, 0.15) is 53.4 Å². The Balaban J connectivity index is 2.58. The van der Waals surface area contributed by atoms with Crippen LogP contribution < -0.4 is 11.1 Å². The van der Waals surface area contributed by atoms with Crippen molar-refractivity contribution in [3.8, 4) is 0 Å². The quantitative estimate of drug-likeness (QED) is 0.724. The van der Waals surface area contributed by atoms with Gasteiger partial charge in [0.25, 0.3) is 0 Å². The molecule has 0 bridgehead atoms. The molecule has 1 amide bonds. The van der Waals surface area contributed by atoms with E-state index in [2.05, 4.69) is 24.1 Å². The summed E-state index contributed by atoms with van der Waals surface area (Å²) < 4.78 is 0. The van der Waals surface area contributed by atoms with Gasteiger partial charge in [-0.05, 0) is 46.1 Å². The van der Waals surface area contributed by atoms with Crippen molar-refractivity contribution in [2.24, 2.45) is 5.73 Å². The molecule has 18 heavy (non-hydrogen) atoms. The van der Waals surface area contributed by atoms with Gasteiger partial charge in [0.2, 0.25) is 5.91 Å². The van der Waals surface area contributed by atoms with E-state index in [0.29, 0.717) is 12.1 Å². The monoisotopic (exact) mass is 255 g/mol. The van der Waals surface area contributed by atoms with E-state index in [0.717, 1.165) is 19.5 Å². The van der Waals surface area contributed by atoms with Crippen LogP contribution in [0.15, 0.2) is 0 Å². The van der Waals surface area contributed by atoms with Crippen molar-refractivity contribution >= 4 is 5.91 Å². The summed E-state index contributed by atoms with van der Waals surface area (Å²) in [6.07, 6.45) is 4.54. The Morgan fingerprint density at radius 3 is 2.61 bits per heavy atom. The summed E-state index contributed by atoms with van der Waals surface area (Å²) in [6, 6.07) is 1.31. The van der Waals surface area contributed by atoms with E-state index in [1.54, 1.807) is 0 Å². The fourth-order valence-corrected chi connectivity index (χ4v) is 3.01. The highest BCUT2D eigenvalue weighted by Crippen LogP contribution is 2.27. The third-order valence-electron chi connectivity index (χ3n) is 4.40. The highest BCUT2D eigenvalue weighted by Gasteiger charge is 2.34. The second-order valence-corrected chi connectivity index (χ2v) is 5.70. The van der Waals surface area contributed by atoms with Crippen LogP contribution >= 0.6 is 0 Å². The van der Waals surface area contributed by atoms with Crippen LogP contribution in [-0.4, -0.2) is 41.5 Å². The minimum absolute atomic E-state index is 0.246. The largest absolute Gasteiger partial charge is 0.368 e. The second-order valence-electron chi connectivity index (χ2n) is 5.70. The van der Waals surface area contributed by atoms with Crippen LogP contribution in [0.25, 0.3) is 0 Å². The molecular formula is C14H29N3O. The molecule has 1 saturated heterocycles. The fourth-order valence-electron chi connectivity index (χ4n) is 3.01. The van der Waals surface area contributed by atoms with Gasteiger partial charge in [0, 0.05) is 18.6 Å². The predicted octanol–water partition coefficient (Wildman–Crippen LogP) is 1.49. The van der Waals surface area contributed by atoms with Crippen LogP contribution in [0.4, 0.5) is 0 Å². The Kier molecular flexibility index (Phi) is 5.60. The van der Waals surface area contributed by atoms with Gasteiger partial charge in [-0.2, -0.15) is 0 Å². The average Bonchev–Trinajstić information content (AvgIpc) is 2.67. The first-order chi connectivity index (χ1) is 8.44. The lowest BCUT2D eigenvalue weighted by Gasteiger charge is -2.33. The van der Waals surface area contributed by atoms with Crippen LogP contribution in [-0.2, 0) is 4.79 Å². The maximum Gasteiger partial charge on any atom is 0.237 e. The number of likely N-dealkylation sites (tertiary alicyclic amines) is 1. The minimum Gasteiger partial charge on any atom is -0.368 e. The zero-order chi connectivity index (χ0) is 13.8. The minimum atomic E-state index is -0.574. The molecule has 3 N–H and O–H groups in total. The fraction of sp³-hybridized carbons (Fsp3) is 0.929. The van der Waals surface area contributed by atoms with Gasteiger partial charge in [-0.1, -0.05) is 13.8 Å². The van der Waals surface area contributed by atoms with Crippen molar-refractivity contribution in [1.29, 1.82) is 0 Å². The van der Waals surface area contributed by atoms with Gasteiger partial charge in [-0.25, -0.2) is 0 Å². The van der Waals surface area contributed by atoms with Gasteiger partial charge in [-0.15, -0.1) is 0 Å². The van der Waals surface area contributed by atoms with Crippen molar-refractivity contribution in [3.05, 3.63) is 0 Å². The third-order valence-corrected chi connectivity index (χ3v) is 4.40. The normalized spacial score (nSPS) is 28.2. The average molecular weight is 255 g/mol. The number of rotatable bonds is 7. The molecule has 1 heterocycles. The first-order valence-electron chi connectivity index (χ1n) is 7.25. The van der Waals surface area contributed by atoms with Gasteiger partial charge in [0.05, 0.1) is 5.54 Å². The molecule has 1 rings (SSSR count). The predicted molar refractivity (Wildman–Crippen MR) is 75.4 cm³/mol. The summed E-state index contributed by atoms with van der Waals surface area (Å²) in [5.41, 5.74) is 4.95. The summed E-state index contributed by atoms with van der Waals surface area (Å²) in [4.78, 5) is 14.1. The SMILES string of the molecule is CCNC(C)(CCN1C(C)CCC1CC)C(N)=O. The lowest BCUT2D eigenvalue weighted by molar-refractivity contribution is -0.124.